The van der Waals surface area contributed by atoms with Gasteiger partial charge >= 0.3 is 12.2 Å². The number of amides is 1. The summed E-state index contributed by atoms with van der Waals surface area (Å²) in [5.41, 5.74) is -1.89. The molecular formula is C10H17F2NO3. The maximum absolute atomic E-state index is 12.5. The van der Waals surface area contributed by atoms with E-state index in [1.165, 1.54) is 4.90 Å². The SMILES string of the molecule is CCN(CC)C(=O)OC(=C(F)F)C(C)(C)O. The number of hydrogen-bond donors (Lipinski definition) is 1. The van der Waals surface area contributed by atoms with Gasteiger partial charge in [0.15, 0.2) is 0 Å². The third-order valence-electron chi connectivity index (χ3n) is 1.94. The molecule has 0 aromatic rings. The standard InChI is InChI=1S/C10H17F2NO3/c1-5-13(6-2)9(14)16-7(8(11)12)10(3,4)15/h15H,5-6H2,1-4H3. The van der Waals surface area contributed by atoms with Gasteiger partial charge in [0.1, 0.15) is 5.60 Å². The smallest absolute Gasteiger partial charge is 0.406 e. The van der Waals surface area contributed by atoms with Gasteiger partial charge in [-0.3, -0.25) is 0 Å². The second kappa shape index (κ2) is 5.79. The highest BCUT2D eigenvalue weighted by Gasteiger charge is 2.30. The van der Waals surface area contributed by atoms with Crippen LogP contribution in [-0.2, 0) is 4.74 Å². The summed E-state index contributed by atoms with van der Waals surface area (Å²) in [6, 6.07) is 0. The van der Waals surface area contributed by atoms with Crippen molar-refractivity contribution in [3.8, 4) is 0 Å². The quantitative estimate of drug-likeness (QED) is 0.763. The lowest BCUT2D eigenvalue weighted by Gasteiger charge is -2.23. The van der Waals surface area contributed by atoms with E-state index in [2.05, 4.69) is 4.74 Å². The fourth-order valence-corrected chi connectivity index (χ4v) is 1.03. The highest BCUT2D eigenvalue weighted by atomic mass is 19.3. The van der Waals surface area contributed by atoms with Crippen LogP contribution in [0.25, 0.3) is 0 Å². The second-order valence-corrected chi connectivity index (χ2v) is 3.69. The molecule has 16 heavy (non-hydrogen) atoms. The Balaban J connectivity index is 4.82. The van der Waals surface area contributed by atoms with Crippen molar-refractivity contribution in [2.45, 2.75) is 33.3 Å². The Hall–Kier alpha value is -1.17. The van der Waals surface area contributed by atoms with E-state index in [1.807, 2.05) is 0 Å². The summed E-state index contributed by atoms with van der Waals surface area (Å²) in [5, 5.41) is 9.39. The van der Waals surface area contributed by atoms with Crippen molar-refractivity contribution in [1.82, 2.24) is 4.90 Å². The molecule has 0 atom stereocenters. The zero-order chi connectivity index (χ0) is 12.9. The topological polar surface area (TPSA) is 49.8 Å². The Morgan fingerprint density at radius 2 is 1.75 bits per heavy atom. The molecule has 0 fully saturated rings. The molecule has 0 spiro atoms. The van der Waals surface area contributed by atoms with Gasteiger partial charge in [0.05, 0.1) is 0 Å². The first-order valence-corrected chi connectivity index (χ1v) is 4.98. The number of halogens is 2. The van der Waals surface area contributed by atoms with Crippen LogP contribution in [0.5, 0.6) is 0 Å². The van der Waals surface area contributed by atoms with Gasteiger partial charge in [-0.1, -0.05) is 0 Å². The van der Waals surface area contributed by atoms with E-state index in [0.717, 1.165) is 13.8 Å². The van der Waals surface area contributed by atoms with Crippen LogP contribution < -0.4 is 0 Å². The van der Waals surface area contributed by atoms with E-state index in [-0.39, 0.29) is 0 Å². The minimum atomic E-state index is -2.20. The van der Waals surface area contributed by atoms with Crippen LogP contribution in [0.2, 0.25) is 0 Å². The number of carbonyl (C=O) groups excluding carboxylic acids is 1. The van der Waals surface area contributed by atoms with Gasteiger partial charge in [-0.15, -0.1) is 0 Å². The van der Waals surface area contributed by atoms with Crippen molar-refractivity contribution in [2.24, 2.45) is 0 Å². The van der Waals surface area contributed by atoms with Crippen molar-refractivity contribution < 1.29 is 23.4 Å². The molecule has 0 heterocycles. The van der Waals surface area contributed by atoms with E-state index < -0.39 is 23.5 Å². The van der Waals surface area contributed by atoms with E-state index >= 15 is 0 Å². The molecule has 0 saturated carbocycles. The predicted molar refractivity (Wildman–Crippen MR) is 54.9 cm³/mol. The van der Waals surface area contributed by atoms with Crippen molar-refractivity contribution in [3.63, 3.8) is 0 Å². The lowest BCUT2D eigenvalue weighted by Crippen LogP contribution is -2.35. The summed E-state index contributed by atoms with van der Waals surface area (Å²) in [5.74, 6) is -1.01. The van der Waals surface area contributed by atoms with Gasteiger partial charge in [-0.05, 0) is 27.7 Å². The zero-order valence-corrected chi connectivity index (χ0v) is 9.88. The van der Waals surface area contributed by atoms with Gasteiger partial charge in [-0.2, -0.15) is 8.78 Å². The van der Waals surface area contributed by atoms with Gasteiger partial charge < -0.3 is 14.7 Å². The molecular weight excluding hydrogens is 220 g/mol. The van der Waals surface area contributed by atoms with E-state index in [1.54, 1.807) is 13.8 Å². The number of hydrogen-bond acceptors (Lipinski definition) is 3. The Labute approximate surface area is 93.5 Å². The first kappa shape index (κ1) is 14.8. The van der Waals surface area contributed by atoms with Gasteiger partial charge in [-0.25, -0.2) is 4.79 Å². The van der Waals surface area contributed by atoms with Crippen LogP contribution in [0.1, 0.15) is 27.7 Å². The first-order chi connectivity index (χ1) is 7.23. The normalized spacial score (nSPS) is 10.9. The van der Waals surface area contributed by atoms with Crippen molar-refractivity contribution >= 4 is 6.09 Å². The monoisotopic (exact) mass is 237 g/mol. The third-order valence-corrected chi connectivity index (χ3v) is 1.94. The molecule has 1 N–H and O–H groups in total. The molecule has 0 unspecified atom stereocenters. The van der Waals surface area contributed by atoms with Crippen LogP contribution in [0.4, 0.5) is 13.6 Å². The average Bonchev–Trinajstić information content (AvgIpc) is 2.13. The van der Waals surface area contributed by atoms with Gasteiger partial charge in [0.2, 0.25) is 5.76 Å². The predicted octanol–water partition coefficient (Wildman–Crippen LogP) is 2.34. The van der Waals surface area contributed by atoms with Gasteiger partial charge in [0.25, 0.3) is 0 Å². The molecule has 0 radical (unpaired) electrons. The fourth-order valence-electron chi connectivity index (χ4n) is 1.03. The molecule has 0 bridgehead atoms. The minimum absolute atomic E-state index is 0.350. The average molecular weight is 237 g/mol. The van der Waals surface area contributed by atoms with Crippen LogP contribution >= 0.6 is 0 Å². The van der Waals surface area contributed by atoms with Crippen LogP contribution in [0, 0.1) is 0 Å². The number of aliphatic hydroxyl groups is 1. The molecule has 0 aliphatic carbocycles. The highest BCUT2D eigenvalue weighted by molar-refractivity contribution is 5.69. The molecule has 6 heteroatoms. The molecule has 1 amide bonds. The Morgan fingerprint density at radius 1 is 1.31 bits per heavy atom. The Morgan fingerprint density at radius 3 is 2.00 bits per heavy atom. The minimum Gasteiger partial charge on any atom is -0.406 e. The molecule has 0 aromatic carbocycles. The lowest BCUT2D eigenvalue weighted by atomic mass is 10.1. The molecule has 0 saturated heterocycles. The van der Waals surface area contributed by atoms with Crippen molar-refractivity contribution in [2.75, 3.05) is 13.1 Å². The second-order valence-electron chi connectivity index (χ2n) is 3.69. The summed E-state index contributed by atoms with van der Waals surface area (Å²) in [7, 11) is 0. The maximum atomic E-state index is 12.5. The van der Waals surface area contributed by atoms with Crippen LogP contribution in [0.15, 0.2) is 11.8 Å². The van der Waals surface area contributed by atoms with Gasteiger partial charge in [0, 0.05) is 13.1 Å². The fraction of sp³-hybridized carbons (Fsp3) is 0.700. The van der Waals surface area contributed by atoms with E-state index in [0.29, 0.717) is 13.1 Å². The number of carbonyl (C=O) groups is 1. The van der Waals surface area contributed by atoms with E-state index in [9.17, 15) is 18.7 Å². The maximum Gasteiger partial charge on any atom is 0.415 e. The summed E-state index contributed by atoms with van der Waals surface area (Å²) >= 11 is 0. The van der Waals surface area contributed by atoms with E-state index in [4.69, 9.17) is 0 Å². The first-order valence-electron chi connectivity index (χ1n) is 4.98. The third kappa shape index (κ3) is 4.14. The largest absolute Gasteiger partial charge is 0.415 e. The molecule has 0 aromatic heterocycles. The van der Waals surface area contributed by atoms with Crippen molar-refractivity contribution in [1.29, 1.82) is 0 Å². The summed E-state index contributed by atoms with van der Waals surface area (Å²) in [6.07, 6.45) is -3.09. The lowest BCUT2D eigenvalue weighted by molar-refractivity contribution is 0.0364. The number of nitrogens with zero attached hydrogens (tertiary/aromatic N) is 1. The Kier molecular flexibility index (Phi) is 5.37. The van der Waals surface area contributed by atoms with Crippen LogP contribution in [0.3, 0.4) is 0 Å². The summed E-state index contributed by atoms with van der Waals surface area (Å²) < 4.78 is 29.4. The summed E-state index contributed by atoms with van der Waals surface area (Å²) in [6.45, 7) is 6.34. The van der Waals surface area contributed by atoms with Crippen molar-refractivity contribution in [3.05, 3.63) is 11.8 Å². The highest BCUT2D eigenvalue weighted by Crippen LogP contribution is 2.23. The zero-order valence-electron chi connectivity index (χ0n) is 9.88. The molecule has 4 nitrogen and oxygen atoms in total. The number of rotatable bonds is 4. The molecule has 0 aliphatic heterocycles. The molecule has 0 aliphatic rings. The van der Waals surface area contributed by atoms with Crippen LogP contribution in [-0.4, -0.2) is 34.8 Å². The summed E-state index contributed by atoms with van der Waals surface area (Å²) in [4.78, 5) is 12.6. The number of ether oxygens (including phenoxy) is 1. The Bertz CT molecular complexity index is 276. The molecule has 0 rings (SSSR count). The molecule has 94 valence electrons.